The van der Waals surface area contributed by atoms with Gasteiger partial charge in [0.05, 0.1) is 16.6 Å². The van der Waals surface area contributed by atoms with Gasteiger partial charge in [0.25, 0.3) is 10.0 Å². The summed E-state index contributed by atoms with van der Waals surface area (Å²) in [5.74, 6) is -0.414. The molecule has 0 bridgehead atoms. The average Bonchev–Trinajstić information content (AvgIpc) is 2.73. The molecular weight excluding hydrogens is 420 g/mol. The molecule has 1 amide bonds. The molecule has 0 radical (unpaired) electrons. The Morgan fingerprint density at radius 3 is 2.30 bits per heavy atom. The lowest BCUT2D eigenvalue weighted by Crippen LogP contribution is -2.41. The van der Waals surface area contributed by atoms with Crippen molar-refractivity contribution in [2.45, 2.75) is 24.8 Å². The zero-order valence-electron chi connectivity index (χ0n) is 16.7. The Kier molecular flexibility index (Phi) is 6.80. The van der Waals surface area contributed by atoms with Crippen LogP contribution in [0.15, 0.2) is 83.8 Å². The van der Waals surface area contributed by atoms with Crippen molar-refractivity contribution >= 4 is 33.2 Å². The minimum Gasteiger partial charge on any atom is -0.348 e. The van der Waals surface area contributed by atoms with Crippen molar-refractivity contribution in [1.82, 2.24) is 5.32 Å². The van der Waals surface area contributed by atoms with Gasteiger partial charge in [0, 0.05) is 5.02 Å². The van der Waals surface area contributed by atoms with E-state index in [1.54, 1.807) is 36.4 Å². The van der Waals surface area contributed by atoms with E-state index >= 15 is 0 Å². The van der Waals surface area contributed by atoms with E-state index in [4.69, 9.17) is 11.6 Å². The molecule has 5 nitrogen and oxygen atoms in total. The predicted octanol–water partition coefficient (Wildman–Crippen LogP) is 4.72. The lowest BCUT2D eigenvalue weighted by molar-refractivity contribution is -0.120. The number of rotatable bonds is 7. The Balaban J connectivity index is 1.87. The molecule has 0 aliphatic heterocycles. The van der Waals surface area contributed by atoms with Crippen LogP contribution in [-0.4, -0.2) is 20.9 Å². The van der Waals surface area contributed by atoms with Crippen molar-refractivity contribution in [3.05, 3.63) is 95.0 Å². The maximum Gasteiger partial charge on any atom is 0.264 e. The number of benzene rings is 3. The molecule has 3 aromatic carbocycles. The molecule has 0 aliphatic rings. The van der Waals surface area contributed by atoms with E-state index in [2.05, 4.69) is 5.32 Å². The molecule has 0 aromatic heterocycles. The molecule has 1 N–H and O–H groups in total. The van der Waals surface area contributed by atoms with Gasteiger partial charge in [-0.25, -0.2) is 8.42 Å². The van der Waals surface area contributed by atoms with Crippen molar-refractivity contribution in [3.8, 4) is 0 Å². The lowest BCUT2D eigenvalue weighted by Gasteiger charge is -2.25. The number of sulfonamides is 1. The van der Waals surface area contributed by atoms with Crippen molar-refractivity contribution in [1.29, 1.82) is 0 Å². The molecule has 3 aromatic rings. The number of hydrogen-bond acceptors (Lipinski definition) is 3. The maximum atomic E-state index is 13.3. The van der Waals surface area contributed by atoms with Gasteiger partial charge in [-0.2, -0.15) is 0 Å². The van der Waals surface area contributed by atoms with Crippen LogP contribution in [0.2, 0.25) is 5.02 Å². The van der Waals surface area contributed by atoms with Crippen LogP contribution < -0.4 is 9.62 Å². The van der Waals surface area contributed by atoms with Gasteiger partial charge < -0.3 is 5.32 Å². The summed E-state index contributed by atoms with van der Waals surface area (Å²) in [5.41, 5.74) is 2.39. The van der Waals surface area contributed by atoms with Crippen molar-refractivity contribution < 1.29 is 13.2 Å². The summed E-state index contributed by atoms with van der Waals surface area (Å²) in [6.45, 7) is 3.48. The molecule has 0 fully saturated rings. The Labute approximate surface area is 182 Å². The first kappa shape index (κ1) is 21.9. The molecule has 156 valence electrons. The van der Waals surface area contributed by atoms with E-state index in [9.17, 15) is 13.2 Å². The van der Waals surface area contributed by atoms with Gasteiger partial charge in [-0.15, -0.1) is 0 Å². The zero-order chi connectivity index (χ0) is 21.7. The highest BCUT2D eigenvalue weighted by atomic mass is 35.5. The first-order valence-corrected chi connectivity index (χ1v) is 11.3. The van der Waals surface area contributed by atoms with E-state index in [-0.39, 0.29) is 17.5 Å². The summed E-state index contributed by atoms with van der Waals surface area (Å²) in [7, 11) is -3.96. The fourth-order valence-corrected chi connectivity index (χ4v) is 4.64. The highest BCUT2D eigenvalue weighted by Crippen LogP contribution is 2.26. The monoisotopic (exact) mass is 442 g/mol. The van der Waals surface area contributed by atoms with Crippen molar-refractivity contribution in [2.75, 3.05) is 10.8 Å². The van der Waals surface area contributed by atoms with Crippen LogP contribution in [-0.2, 0) is 14.8 Å². The molecule has 0 saturated heterocycles. The summed E-state index contributed by atoms with van der Waals surface area (Å²) in [6, 6.07) is 22.0. The number of amides is 1. The molecule has 1 atom stereocenters. The fraction of sp³-hybridized carbons (Fsp3) is 0.174. The Bertz CT molecular complexity index is 1120. The number of carbonyl (C=O) groups is 1. The second-order valence-corrected chi connectivity index (χ2v) is 9.30. The first-order valence-electron chi connectivity index (χ1n) is 9.46. The number of carbonyl (C=O) groups excluding carboxylic acids is 1. The van der Waals surface area contributed by atoms with Gasteiger partial charge in [-0.3, -0.25) is 9.10 Å². The number of aryl methyl sites for hydroxylation is 1. The van der Waals surface area contributed by atoms with Crippen LogP contribution in [0.4, 0.5) is 5.69 Å². The highest BCUT2D eigenvalue weighted by Gasteiger charge is 2.27. The Morgan fingerprint density at radius 2 is 1.67 bits per heavy atom. The summed E-state index contributed by atoms with van der Waals surface area (Å²) in [4.78, 5) is 12.9. The lowest BCUT2D eigenvalue weighted by atomic mass is 10.1. The van der Waals surface area contributed by atoms with E-state index in [0.717, 1.165) is 15.4 Å². The number of halogens is 1. The molecule has 0 aliphatic carbocycles. The van der Waals surface area contributed by atoms with Gasteiger partial charge in [-0.05, 0) is 49.7 Å². The fourth-order valence-electron chi connectivity index (χ4n) is 3.02. The first-order chi connectivity index (χ1) is 14.3. The molecule has 0 saturated carbocycles. The van der Waals surface area contributed by atoms with Crippen LogP contribution >= 0.6 is 11.6 Å². The maximum absolute atomic E-state index is 13.3. The van der Waals surface area contributed by atoms with Gasteiger partial charge in [0.2, 0.25) is 5.91 Å². The molecule has 0 spiro atoms. The Hall–Kier alpha value is -2.83. The van der Waals surface area contributed by atoms with Gasteiger partial charge in [0.15, 0.2) is 0 Å². The summed E-state index contributed by atoms with van der Waals surface area (Å²) in [5, 5.41) is 3.26. The minimum atomic E-state index is -3.96. The highest BCUT2D eigenvalue weighted by molar-refractivity contribution is 7.92. The van der Waals surface area contributed by atoms with Gasteiger partial charge >= 0.3 is 0 Å². The summed E-state index contributed by atoms with van der Waals surface area (Å²) >= 11 is 6.08. The predicted molar refractivity (Wildman–Crippen MR) is 120 cm³/mol. The normalized spacial score (nSPS) is 12.2. The summed E-state index contributed by atoms with van der Waals surface area (Å²) in [6.07, 6.45) is 0. The second-order valence-electron chi connectivity index (χ2n) is 7.00. The third kappa shape index (κ3) is 5.20. The van der Waals surface area contributed by atoms with E-state index < -0.39 is 15.9 Å². The van der Waals surface area contributed by atoms with Crippen molar-refractivity contribution in [3.63, 3.8) is 0 Å². The molecule has 7 heteroatoms. The van der Waals surface area contributed by atoms with Crippen LogP contribution in [0.3, 0.4) is 0 Å². The zero-order valence-corrected chi connectivity index (χ0v) is 18.3. The number of anilines is 1. The minimum absolute atomic E-state index is 0.101. The molecule has 0 unspecified atom stereocenters. The second kappa shape index (κ2) is 9.32. The van der Waals surface area contributed by atoms with Crippen LogP contribution in [0.5, 0.6) is 0 Å². The molecule has 0 heterocycles. The third-order valence-electron chi connectivity index (χ3n) is 4.67. The average molecular weight is 443 g/mol. The van der Waals surface area contributed by atoms with Crippen LogP contribution in [0, 0.1) is 6.92 Å². The van der Waals surface area contributed by atoms with Gasteiger partial charge in [0.1, 0.15) is 6.54 Å². The standard InChI is InChI=1S/C23H23ClN2O3S/c1-17-11-13-19(14-12-17)18(2)25-23(27)16-26(21-8-6-7-20(24)15-21)30(28,29)22-9-4-3-5-10-22/h3-15,18H,16H2,1-2H3,(H,25,27)/t18-/m0/s1. The molecular formula is C23H23ClN2O3S. The van der Waals surface area contributed by atoms with Crippen LogP contribution in [0.1, 0.15) is 24.1 Å². The number of nitrogens with one attached hydrogen (secondary N) is 1. The largest absolute Gasteiger partial charge is 0.348 e. The quantitative estimate of drug-likeness (QED) is 0.575. The molecule has 30 heavy (non-hydrogen) atoms. The topological polar surface area (TPSA) is 66.5 Å². The van der Waals surface area contributed by atoms with E-state index in [1.165, 1.54) is 18.2 Å². The Morgan fingerprint density at radius 1 is 1.00 bits per heavy atom. The smallest absolute Gasteiger partial charge is 0.264 e. The third-order valence-corrected chi connectivity index (χ3v) is 6.69. The summed E-state index contributed by atoms with van der Waals surface area (Å²) < 4.78 is 27.6. The van der Waals surface area contributed by atoms with E-state index in [1.807, 2.05) is 38.1 Å². The van der Waals surface area contributed by atoms with Crippen molar-refractivity contribution in [2.24, 2.45) is 0 Å². The van der Waals surface area contributed by atoms with Gasteiger partial charge in [-0.1, -0.05) is 65.7 Å². The van der Waals surface area contributed by atoms with E-state index in [0.29, 0.717) is 10.7 Å². The molecule has 3 rings (SSSR count). The number of hydrogen-bond donors (Lipinski definition) is 1. The SMILES string of the molecule is Cc1ccc([C@H](C)NC(=O)CN(c2cccc(Cl)c2)S(=O)(=O)c2ccccc2)cc1. The number of nitrogens with zero attached hydrogens (tertiary/aromatic N) is 1. The van der Waals surface area contributed by atoms with Crippen LogP contribution in [0.25, 0.3) is 0 Å².